The highest BCUT2D eigenvalue weighted by Gasteiger charge is 2.00. The fourth-order valence-corrected chi connectivity index (χ4v) is 1.69. The predicted molar refractivity (Wildman–Crippen MR) is 70.1 cm³/mol. The molecule has 0 aliphatic heterocycles. The minimum absolute atomic E-state index is 0.437. The van der Waals surface area contributed by atoms with Crippen LogP contribution < -0.4 is 5.73 Å². The first-order valence-electron chi connectivity index (χ1n) is 5.39. The summed E-state index contributed by atoms with van der Waals surface area (Å²) in [6.07, 6.45) is 3.12. The Balaban J connectivity index is 2.45. The highest BCUT2D eigenvalue weighted by atomic mass is 16.1. The zero-order chi connectivity index (χ0) is 12.1. The molecule has 0 unspecified atom stereocenters. The number of rotatable bonds is 3. The van der Waals surface area contributed by atoms with E-state index in [1.165, 1.54) is 6.08 Å². The maximum absolute atomic E-state index is 10.8. The fourth-order valence-electron chi connectivity index (χ4n) is 1.69. The van der Waals surface area contributed by atoms with Crippen LogP contribution in [0.25, 0.3) is 17.2 Å². The Morgan fingerprint density at radius 1 is 0.941 bits per heavy atom. The molecule has 2 heteroatoms. The molecule has 0 aromatic heterocycles. The lowest BCUT2D eigenvalue weighted by atomic mass is 9.99. The number of primary amides is 1. The van der Waals surface area contributed by atoms with Crippen molar-refractivity contribution in [2.75, 3.05) is 0 Å². The van der Waals surface area contributed by atoms with Gasteiger partial charge in [-0.25, -0.2) is 0 Å². The number of nitrogens with two attached hydrogens (primary N) is 1. The lowest BCUT2D eigenvalue weighted by Crippen LogP contribution is -2.05. The van der Waals surface area contributed by atoms with E-state index in [1.54, 1.807) is 6.08 Å². The van der Waals surface area contributed by atoms with Crippen molar-refractivity contribution < 1.29 is 4.79 Å². The number of carbonyl (C=O) groups is 1. The smallest absolute Gasteiger partial charge is 0.241 e. The van der Waals surface area contributed by atoms with Crippen molar-refractivity contribution in [3.8, 4) is 11.1 Å². The molecule has 2 aromatic rings. The summed E-state index contributed by atoms with van der Waals surface area (Å²) in [4.78, 5) is 10.8. The van der Waals surface area contributed by atoms with Gasteiger partial charge in [0.15, 0.2) is 0 Å². The van der Waals surface area contributed by atoms with Gasteiger partial charge in [0.05, 0.1) is 0 Å². The molecule has 0 aliphatic carbocycles. The lowest BCUT2D eigenvalue weighted by molar-refractivity contribution is -0.113. The third-order valence-electron chi connectivity index (χ3n) is 2.47. The van der Waals surface area contributed by atoms with E-state index in [-0.39, 0.29) is 0 Å². The average Bonchev–Trinajstić information content (AvgIpc) is 2.38. The molecule has 0 bridgehead atoms. The molecule has 0 fully saturated rings. The minimum Gasteiger partial charge on any atom is -0.366 e. The van der Waals surface area contributed by atoms with Crippen molar-refractivity contribution >= 4 is 12.0 Å². The summed E-state index contributed by atoms with van der Waals surface area (Å²) in [7, 11) is 0. The molecule has 84 valence electrons. The molecule has 2 N–H and O–H groups in total. The Morgan fingerprint density at radius 3 is 2.29 bits per heavy atom. The molecule has 1 amide bonds. The summed E-state index contributed by atoms with van der Waals surface area (Å²) in [5.74, 6) is -0.437. The van der Waals surface area contributed by atoms with E-state index in [2.05, 4.69) is 0 Å². The van der Waals surface area contributed by atoms with Gasteiger partial charge in [-0.2, -0.15) is 0 Å². The second-order valence-corrected chi connectivity index (χ2v) is 3.69. The molecule has 0 atom stereocenters. The number of amides is 1. The highest BCUT2D eigenvalue weighted by molar-refractivity contribution is 5.91. The average molecular weight is 223 g/mol. The van der Waals surface area contributed by atoms with Crippen molar-refractivity contribution in [3.63, 3.8) is 0 Å². The van der Waals surface area contributed by atoms with E-state index < -0.39 is 5.91 Å². The van der Waals surface area contributed by atoms with E-state index in [9.17, 15) is 4.79 Å². The summed E-state index contributed by atoms with van der Waals surface area (Å²) in [6, 6.07) is 17.9. The zero-order valence-corrected chi connectivity index (χ0v) is 9.34. The molecule has 0 saturated carbocycles. The van der Waals surface area contributed by atoms with Crippen LogP contribution in [-0.4, -0.2) is 5.91 Å². The standard InChI is InChI=1S/C15H13NO/c16-15(17)11-10-13-8-4-5-9-14(13)12-6-2-1-3-7-12/h1-11H,(H2,16,17). The molecule has 0 spiro atoms. The van der Waals surface area contributed by atoms with Crippen molar-refractivity contribution in [1.29, 1.82) is 0 Å². The molecular formula is C15H13NO. The van der Waals surface area contributed by atoms with Gasteiger partial charge in [0, 0.05) is 6.08 Å². The van der Waals surface area contributed by atoms with Crippen LogP contribution in [0.4, 0.5) is 0 Å². The zero-order valence-electron chi connectivity index (χ0n) is 9.34. The topological polar surface area (TPSA) is 43.1 Å². The lowest BCUT2D eigenvalue weighted by Gasteiger charge is -2.05. The van der Waals surface area contributed by atoms with Crippen molar-refractivity contribution in [3.05, 3.63) is 66.2 Å². The first kappa shape index (κ1) is 11.1. The quantitative estimate of drug-likeness (QED) is 0.799. The number of benzene rings is 2. The summed E-state index contributed by atoms with van der Waals surface area (Å²) >= 11 is 0. The SMILES string of the molecule is NC(=O)C=Cc1ccccc1-c1ccccc1. The number of hydrogen-bond donors (Lipinski definition) is 1. The van der Waals surface area contributed by atoms with E-state index in [0.29, 0.717) is 0 Å². The molecule has 0 heterocycles. The maximum Gasteiger partial charge on any atom is 0.241 e. The fraction of sp³-hybridized carbons (Fsp3) is 0. The van der Waals surface area contributed by atoms with Gasteiger partial charge in [0.1, 0.15) is 0 Å². The van der Waals surface area contributed by atoms with Gasteiger partial charge in [-0.3, -0.25) is 4.79 Å². The van der Waals surface area contributed by atoms with E-state index in [1.807, 2.05) is 54.6 Å². The van der Waals surface area contributed by atoms with Gasteiger partial charge in [0.2, 0.25) is 5.91 Å². The number of hydrogen-bond acceptors (Lipinski definition) is 1. The van der Waals surface area contributed by atoms with Crippen LogP contribution in [0.5, 0.6) is 0 Å². The third-order valence-corrected chi connectivity index (χ3v) is 2.47. The maximum atomic E-state index is 10.8. The Kier molecular flexibility index (Phi) is 3.36. The third kappa shape index (κ3) is 2.82. The summed E-state index contributed by atoms with van der Waals surface area (Å²) < 4.78 is 0. The largest absolute Gasteiger partial charge is 0.366 e. The molecule has 2 nitrogen and oxygen atoms in total. The van der Waals surface area contributed by atoms with Gasteiger partial charge < -0.3 is 5.73 Å². The molecule has 2 aromatic carbocycles. The van der Waals surface area contributed by atoms with E-state index in [4.69, 9.17) is 5.73 Å². The highest BCUT2D eigenvalue weighted by Crippen LogP contribution is 2.24. The second kappa shape index (κ2) is 5.12. The molecule has 2 rings (SSSR count). The monoisotopic (exact) mass is 223 g/mol. The van der Waals surface area contributed by atoms with Gasteiger partial charge in [-0.1, -0.05) is 54.6 Å². The Bertz CT molecular complexity index is 544. The summed E-state index contributed by atoms with van der Waals surface area (Å²) in [5, 5.41) is 0. The van der Waals surface area contributed by atoms with Crippen LogP contribution in [0.2, 0.25) is 0 Å². The molecule has 17 heavy (non-hydrogen) atoms. The van der Waals surface area contributed by atoms with Crippen LogP contribution in [0.15, 0.2) is 60.7 Å². The van der Waals surface area contributed by atoms with Crippen LogP contribution in [0.1, 0.15) is 5.56 Å². The second-order valence-electron chi connectivity index (χ2n) is 3.69. The van der Waals surface area contributed by atoms with Crippen LogP contribution in [0, 0.1) is 0 Å². The van der Waals surface area contributed by atoms with E-state index >= 15 is 0 Å². The predicted octanol–water partition coefficient (Wildman–Crippen LogP) is 2.85. The van der Waals surface area contributed by atoms with Gasteiger partial charge in [0.25, 0.3) is 0 Å². The molecular weight excluding hydrogens is 210 g/mol. The normalized spacial score (nSPS) is 10.6. The molecule has 0 saturated heterocycles. The Hall–Kier alpha value is -2.35. The van der Waals surface area contributed by atoms with Crippen LogP contribution >= 0.6 is 0 Å². The minimum atomic E-state index is -0.437. The Labute approximate surface area is 100 Å². The van der Waals surface area contributed by atoms with Gasteiger partial charge >= 0.3 is 0 Å². The van der Waals surface area contributed by atoms with Crippen molar-refractivity contribution in [2.24, 2.45) is 5.73 Å². The summed E-state index contributed by atoms with van der Waals surface area (Å²) in [5.41, 5.74) is 8.30. The Morgan fingerprint density at radius 2 is 1.59 bits per heavy atom. The van der Waals surface area contributed by atoms with Crippen LogP contribution in [0.3, 0.4) is 0 Å². The van der Waals surface area contributed by atoms with E-state index in [0.717, 1.165) is 16.7 Å². The van der Waals surface area contributed by atoms with Crippen molar-refractivity contribution in [2.45, 2.75) is 0 Å². The van der Waals surface area contributed by atoms with Gasteiger partial charge in [-0.05, 0) is 22.8 Å². The number of carbonyl (C=O) groups excluding carboxylic acids is 1. The van der Waals surface area contributed by atoms with Crippen LogP contribution in [-0.2, 0) is 4.79 Å². The van der Waals surface area contributed by atoms with Gasteiger partial charge in [-0.15, -0.1) is 0 Å². The first-order chi connectivity index (χ1) is 8.27. The molecule has 0 radical (unpaired) electrons. The summed E-state index contributed by atoms with van der Waals surface area (Å²) in [6.45, 7) is 0. The molecule has 0 aliphatic rings. The van der Waals surface area contributed by atoms with Crippen molar-refractivity contribution in [1.82, 2.24) is 0 Å². The first-order valence-corrected chi connectivity index (χ1v) is 5.39.